The zero-order valence-corrected chi connectivity index (χ0v) is 18.5. The molecule has 0 radical (unpaired) electrons. The van der Waals surface area contributed by atoms with Gasteiger partial charge in [-0.15, -0.1) is 0 Å². The third-order valence-electron chi connectivity index (χ3n) is 4.23. The monoisotopic (exact) mass is 467 g/mol. The first kappa shape index (κ1) is 23.6. The molecule has 2 amide bonds. The van der Waals surface area contributed by atoms with E-state index in [1.165, 1.54) is 13.3 Å². The molecular formula is C24H22ClN3O5. The van der Waals surface area contributed by atoms with Crippen LogP contribution in [0.2, 0.25) is 5.02 Å². The van der Waals surface area contributed by atoms with Crippen molar-refractivity contribution in [3.05, 3.63) is 83.4 Å². The number of halogens is 1. The summed E-state index contributed by atoms with van der Waals surface area (Å²) in [5, 5.41) is 7.04. The number of para-hydroxylation sites is 3. The normalized spacial score (nSPS) is 10.5. The number of hydrogen-bond donors (Lipinski definition) is 2. The Balaban J connectivity index is 1.41. The fourth-order valence-electron chi connectivity index (χ4n) is 2.64. The number of carbonyl (C=O) groups is 2. The summed E-state index contributed by atoms with van der Waals surface area (Å²) in [6.07, 6.45) is 1.48. The molecule has 3 aromatic rings. The van der Waals surface area contributed by atoms with Crippen molar-refractivity contribution < 1.29 is 23.8 Å². The molecule has 2 N–H and O–H groups in total. The maximum Gasteiger partial charge on any atom is 0.277 e. The molecule has 0 fully saturated rings. The van der Waals surface area contributed by atoms with E-state index < -0.39 is 5.91 Å². The van der Waals surface area contributed by atoms with Crippen LogP contribution < -0.4 is 25.0 Å². The summed E-state index contributed by atoms with van der Waals surface area (Å²) >= 11 is 6.02. The van der Waals surface area contributed by atoms with Gasteiger partial charge in [-0.2, -0.15) is 5.10 Å². The van der Waals surface area contributed by atoms with Crippen LogP contribution in [0.4, 0.5) is 5.69 Å². The lowest BCUT2D eigenvalue weighted by Gasteiger charge is -2.09. The lowest BCUT2D eigenvalue weighted by Crippen LogP contribution is -2.24. The van der Waals surface area contributed by atoms with E-state index in [0.29, 0.717) is 28.0 Å². The van der Waals surface area contributed by atoms with Gasteiger partial charge >= 0.3 is 0 Å². The second-order valence-electron chi connectivity index (χ2n) is 6.62. The van der Waals surface area contributed by atoms with E-state index in [1.807, 2.05) is 6.07 Å². The van der Waals surface area contributed by atoms with Gasteiger partial charge in [0, 0.05) is 0 Å². The second kappa shape index (κ2) is 12.1. The van der Waals surface area contributed by atoms with E-state index in [0.717, 1.165) is 5.56 Å². The summed E-state index contributed by atoms with van der Waals surface area (Å²) < 4.78 is 16.1. The standard InChI is InChI=1S/C24H22ClN3O5/c1-31-21-8-4-5-9-22(21)33-16-24(30)28-26-14-17-10-12-18(13-11-17)32-15-23(29)27-20-7-3-2-6-19(20)25/h2-14H,15-16H2,1H3,(H,27,29)(H,28,30). The van der Waals surface area contributed by atoms with Crippen molar-refractivity contribution in [2.75, 3.05) is 25.6 Å². The Kier molecular flexibility index (Phi) is 8.67. The van der Waals surface area contributed by atoms with E-state index in [4.69, 9.17) is 25.8 Å². The minimum atomic E-state index is -0.415. The molecule has 33 heavy (non-hydrogen) atoms. The molecule has 0 aliphatic heterocycles. The maximum atomic E-state index is 12.0. The van der Waals surface area contributed by atoms with Gasteiger partial charge in [0.15, 0.2) is 24.7 Å². The quantitative estimate of drug-likeness (QED) is 0.348. The van der Waals surface area contributed by atoms with Crippen molar-refractivity contribution in [2.45, 2.75) is 0 Å². The lowest BCUT2D eigenvalue weighted by molar-refractivity contribution is -0.123. The van der Waals surface area contributed by atoms with Gasteiger partial charge in [-0.1, -0.05) is 35.9 Å². The average Bonchev–Trinajstić information content (AvgIpc) is 2.84. The van der Waals surface area contributed by atoms with Gasteiger partial charge < -0.3 is 19.5 Å². The third-order valence-corrected chi connectivity index (χ3v) is 4.56. The number of amides is 2. The van der Waals surface area contributed by atoms with E-state index in [-0.39, 0.29) is 19.1 Å². The summed E-state index contributed by atoms with van der Waals surface area (Å²) in [7, 11) is 1.53. The smallest absolute Gasteiger partial charge is 0.277 e. The molecule has 0 saturated heterocycles. The van der Waals surface area contributed by atoms with Crippen molar-refractivity contribution in [2.24, 2.45) is 5.10 Å². The Morgan fingerprint density at radius 1 is 0.879 bits per heavy atom. The van der Waals surface area contributed by atoms with Crippen molar-refractivity contribution >= 4 is 35.3 Å². The molecule has 0 aromatic heterocycles. The molecule has 0 aliphatic carbocycles. The van der Waals surface area contributed by atoms with Crippen LogP contribution in [0.5, 0.6) is 17.2 Å². The summed E-state index contributed by atoms with van der Waals surface area (Å²) in [5.74, 6) is 0.775. The highest BCUT2D eigenvalue weighted by Gasteiger charge is 2.07. The fourth-order valence-corrected chi connectivity index (χ4v) is 2.82. The van der Waals surface area contributed by atoms with E-state index in [2.05, 4.69) is 15.8 Å². The van der Waals surface area contributed by atoms with Crippen LogP contribution in [0.25, 0.3) is 0 Å². The number of anilines is 1. The minimum absolute atomic E-state index is 0.166. The van der Waals surface area contributed by atoms with Gasteiger partial charge in [0.2, 0.25) is 0 Å². The van der Waals surface area contributed by atoms with E-state index in [1.54, 1.807) is 66.7 Å². The lowest BCUT2D eigenvalue weighted by atomic mass is 10.2. The molecule has 0 unspecified atom stereocenters. The van der Waals surface area contributed by atoms with Gasteiger partial charge in [-0.3, -0.25) is 9.59 Å². The third kappa shape index (κ3) is 7.55. The van der Waals surface area contributed by atoms with Crippen LogP contribution in [-0.4, -0.2) is 38.4 Å². The van der Waals surface area contributed by atoms with Crippen LogP contribution in [0.3, 0.4) is 0 Å². The van der Waals surface area contributed by atoms with Gasteiger partial charge in [0.05, 0.1) is 24.0 Å². The van der Waals surface area contributed by atoms with Crippen LogP contribution in [0.1, 0.15) is 5.56 Å². The summed E-state index contributed by atoms with van der Waals surface area (Å²) in [6.45, 7) is -0.373. The number of carbonyl (C=O) groups excluding carboxylic acids is 2. The maximum absolute atomic E-state index is 12.0. The molecule has 170 valence electrons. The number of hydrazone groups is 1. The second-order valence-corrected chi connectivity index (χ2v) is 7.03. The van der Waals surface area contributed by atoms with E-state index in [9.17, 15) is 9.59 Å². The first-order chi connectivity index (χ1) is 16.0. The number of rotatable bonds is 10. The topological polar surface area (TPSA) is 98.2 Å². The fraction of sp³-hybridized carbons (Fsp3) is 0.125. The molecule has 9 heteroatoms. The highest BCUT2D eigenvalue weighted by Crippen LogP contribution is 2.25. The Bertz CT molecular complexity index is 1120. The Morgan fingerprint density at radius 3 is 2.27 bits per heavy atom. The van der Waals surface area contributed by atoms with Gasteiger partial charge in [0.1, 0.15) is 5.75 Å². The molecule has 0 spiro atoms. The minimum Gasteiger partial charge on any atom is -0.493 e. The molecule has 0 saturated carbocycles. The number of benzene rings is 3. The molecule has 3 aromatic carbocycles. The average molecular weight is 468 g/mol. The summed E-state index contributed by atoms with van der Waals surface area (Å²) in [4.78, 5) is 23.9. The predicted molar refractivity (Wildman–Crippen MR) is 126 cm³/mol. The van der Waals surface area contributed by atoms with E-state index >= 15 is 0 Å². The molecular weight excluding hydrogens is 446 g/mol. The van der Waals surface area contributed by atoms with Crippen LogP contribution in [0.15, 0.2) is 77.9 Å². The Labute approximate surface area is 196 Å². The van der Waals surface area contributed by atoms with Crippen molar-refractivity contribution in [3.8, 4) is 17.2 Å². The molecule has 0 aliphatic rings. The number of ether oxygens (including phenoxy) is 3. The summed E-state index contributed by atoms with van der Waals surface area (Å²) in [5.41, 5.74) is 3.64. The zero-order chi connectivity index (χ0) is 23.5. The van der Waals surface area contributed by atoms with Crippen LogP contribution >= 0.6 is 11.6 Å². The van der Waals surface area contributed by atoms with Crippen molar-refractivity contribution in [1.82, 2.24) is 5.43 Å². The van der Waals surface area contributed by atoms with Crippen molar-refractivity contribution in [3.63, 3.8) is 0 Å². The Morgan fingerprint density at radius 2 is 1.55 bits per heavy atom. The molecule has 3 rings (SSSR count). The van der Waals surface area contributed by atoms with Crippen molar-refractivity contribution in [1.29, 1.82) is 0 Å². The first-order valence-electron chi connectivity index (χ1n) is 9.90. The van der Waals surface area contributed by atoms with Crippen LogP contribution in [-0.2, 0) is 9.59 Å². The number of nitrogens with one attached hydrogen (secondary N) is 2. The molecule has 0 heterocycles. The Hall–Kier alpha value is -4.04. The van der Waals surface area contributed by atoms with Crippen LogP contribution in [0, 0.1) is 0 Å². The van der Waals surface area contributed by atoms with Gasteiger partial charge in [-0.25, -0.2) is 5.43 Å². The van der Waals surface area contributed by atoms with Gasteiger partial charge in [0.25, 0.3) is 11.8 Å². The number of nitrogens with zero attached hydrogens (tertiary/aromatic N) is 1. The zero-order valence-electron chi connectivity index (χ0n) is 17.8. The molecule has 0 atom stereocenters. The first-order valence-corrected chi connectivity index (χ1v) is 10.3. The number of hydrogen-bond acceptors (Lipinski definition) is 6. The largest absolute Gasteiger partial charge is 0.493 e. The van der Waals surface area contributed by atoms with Gasteiger partial charge in [-0.05, 0) is 54.1 Å². The molecule has 0 bridgehead atoms. The highest BCUT2D eigenvalue weighted by atomic mass is 35.5. The highest BCUT2D eigenvalue weighted by molar-refractivity contribution is 6.33. The predicted octanol–water partition coefficient (Wildman–Crippen LogP) is 3.90. The summed E-state index contributed by atoms with van der Waals surface area (Å²) in [6, 6.07) is 20.8. The molecule has 8 nitrogen and oxygen atoms in total. The SMILES string of the molecule is COc1ccccc1OCC(=O)NN=Cc1ccc(OCC(=O)Nc2ccccc2Cl)cc1. The number of methoxy groups -OCH3 is 1.